The maximum Gasteiger partial charge on any atom is 0.270 e. The molecule has 1 fully saturated rings. The molecule has 34 heavy (non-hydrogen) atoms. The molecule has 10 nitrogen and oxygen atoms in total. The summed E-state index contributed by atoms with van der Waals surface area (Å²) in [6.45, 7) is 0.995. The highest BCUT2D eigenvalue weighted by Crippen LogP contribution is 2.27. The Labute approximate surface area is 197 Å². The molecule has 2 aliphatic rings. The van der Waals surface area contributed by atoms with Crippen LogP contribution in [-0.4, -0.2) is 67.1 Å². The molecule has 2 aliphatic heterocycles. The van der Waals surface area contributed by atoms with Crippen LogP contribution in [-0.2, 0) is 26.0 Å². The minimum absolute atomic E-state index is 0.0536. The molecule has 2 amide bonds. The summed E-state index contributed by atoms with van der Waals surface area (Å²) in [6.07, 6.45) is 4.25. The van der Waals surface area contributed by atoms with Crippen LogP contribution in [0.3, 0.4) is 0 Å². The molecule has 2 heterocycles. The number of sulfonamides is 1. The summed E-state index contributed by atoms with van der Waals surface area (Å²) < 4.78 is 26.9. The quantitative estimate of drug-likeness (QED) is 0.363. The molecule has 0 unspecified atom stereocenters. The van der Waals surface area contributed by atoms with E-state index in [1.54, 1.807) is 4.90 Å². The number of non-ortho nitro benzene ring substituents is 1. The third-order valence-corrected chi connectivity index (χ3v) is 7.86. The minimum atomic E-state index is -3.92. The van der Waals surface area contributed by atoms with Crippen molar-refractivity contribution in [2.45, 2.75) is 17.7 Å². The number of para-hydroxylation sites is 1. The van der Waals surface area contributed by atoms with Crippen LogP contribution < -0.4 is 4.90 Å². The molecule has 1 saturated heterocycles. The average Bonchev–Trinajstić information content (AvgIpc) is 2.86. The normalized spacial score (nSPS) is 16.9. The number of fused-ring (bicyclic) bond motifs is 1. The number of hydrogen-bond donors (Lipinski definition) is 0. The van der Waals surface area contributed by atoms with Crippen molar-refractivity contribution in [3.05, 3.63) is 76.4 Å². The van der Waals surface area contributed by atoms with E-state index in [4.69, 9.17) is 0 Å². The van der Waals surface area contributed by atoms with Crippen LogP contribution in [0.5, 0.6) is 0 Å². The van der Waals surface area contributed by atoms with Crippen molar-refractivity contribution in [2.75, 3.05) is 37.6 Å². The van der Waals surface area contributed by atoms with Crippen molar-refractivity contribution in [1.29, 1.82) is 0 Å². The maximum atomic E-state index is 12.9. The molecule has 0 saturated carbocycles. The number of aryl methyl sites for hydroxylation is 1. The van der Waals surface area contributed by atoms with Gasteiger partial charge in [-0.2, -0.15) is 4.31 Å². The number of carbonyl (C=O) groups is 2. The standard InChI is InChI=1S/C23H24N4O6S/c28-22(10-11-23(29)26-12-4-6-18-5-1-2-9-21(18)26)24-13-15-25(16-14-24)34(32,33)20-8-3-7-19(17-20)27(30)31/h1-3,5,7-11,17H,4,6,12-16H2. The number of rotatable bonds is 5. The first kappa shape index (κ1) is 23.6. The number of benzene rings is 2. The van der Waals surface area contributed by atoms with E-state index in [0.717, 1.165) is 30.2 Å². The topological polar surface area (TPSA) is 121 Å². The summed E-state index contributed by atoms with van der Waals surface area (Å²) in [6, 6.07) is 12.6. The second-order valence-electron chi connectivity index (χ2n) is 8.04. The molecule has 11 heteroatoms. The van der Waals surface area contributed by atoms with Gasteiger partial charge in [-0.3, -0.25) is 19.7 Å². The zero-order chi connectivity index (χ0) is 24.3. The van der Waals surface area contributed by atoms with Gasteiger partial charge in [-0.15, -0.1) is 0 Å². The average molecular weight is 485 g/mol. The fraction of sp³-hybridized carbons (Fsp3) is 0.304. The number of amides is 2. The monoisotopic (exact) mass is 484 g/mol. The van der Waals surface area contributed by atoms with Gasteiger partial charge >= 0.3 is 0 Å². The predicted octanol–water partition coefficient (Wildman–Crippen LogP) is 1.96. The van der Waals surface area contributed by atoms with E-state index < -0.39 is 14.9 Å². The largest absolute Gasteiger partial charge is 0.337 e. The van der Waals surface area contributed by atoms with Crippen LogP contribution in [0.25, 0.3) is 0 Å². The second-order valence-corrected chi connectivity index (χ2v) is 9.98. The highest BCUT2D eigenvalue weighted by Gasteiger charge is 2.30. The van der Waals surface area contributed by atoms with Gasteiger partial charge in [0, 0.05) is 62.7 Å². The van der Waals surface area contributed by atoms with E-state index >= 15 is 0 Å². The van der Waals surface area contributed by atoms with E-state index in [-0.39, 0.29) is 48.6 Å². The second kappa shape index (κ2) is 9.74. The highest BCUT2D eigenvalue weighted by molar-refractivity contribution is 7.89. The lowest BCUT2D eigenvalue weighted by molar-refractivity contribution is -0.385. The maximum absolute atomic E-state index is 12.9. The number of piperazine rings is 1. The van der Waals surface area contributed by atoms with Gasteiger partial charge in [0.05, 0.1) is 9.82 Å². The third-order valence-electron chi connectivity index (χ3n) is 5.96. The Morgan fingerprint density at radius 1 is 0.912 bits per heavy atom. The van der Waals surface area contributed by atoms with Gasteiger partial charge < -0.3 is 9.80 Å². The van der Waals surface area contributed by atoms with E-state index in [9.17, 15) is 28.1 Å². The SMILES string of the molecule is O=C(C=CC(=O)N1CCCc2ccccc21)N1CCN(S(=O)(=O)c2cccc([N+](=O)[O-])c2)CC1. The molecular formula is C23H24N4O6S. The summed E-state index contributed by atoms with van der Waals surface area (Å²) in [7, 11) is -3.92. The summed E-state index contributed by atoms with van der Waals surface area (Å²) in [5.74, 6) is -0.640. The van der Waals surface area contributed by atoms with Gasteiger partial charge in [-0.05, 0) is 30.5 Å². The zero-order valence-electron chi connectivity index (χ0n) is 18.4. The van der Waals surface area contributed by atoms with Crippen molar-refractivity contribution in [3.8, 4) is 0 Å². The Morgan fingerprint density at radius 2 is 1.62 bits per heavy atom. The van der Waals surface area contributed by atoms with Crippen LogP contribution >= 0.6 is 0 Å². The highest BCUT2D eigenvalue weighted by atomic mass is 32.2. The number of anilines is 1. The number of nitro benzene ring substituents is 1. The van der Waals surface area contributed by atoms with Crippen molar-refractivity contribution >= 4 is 33.2 Å². The summed E-state index contributed by atoms with van der Waals surface area (Å²) in [5, 5.41) is 11.0. The van der Waals surface area contributed by atoms with Gasteiger partial charge in [0.2, 0.25) is 15.9 Å². The Balaban J connectivity index is 1.37. The number of nitro groups is 1. The molecule has 0 atom stereocenters. The molecule has 0 bridgehead atoms. The summed E-state index contributed by atoms with van der Waals surface area (Å²) in [4.78, 5) is 38.6. The van der Waals surface area contributed by atoms with E-state index in [0.29, 0.717) is 6.54 Å². The van der Waals surface area contributed by atoms with E-state index in [1.807, 2.05) is 24.3 Å². The van der Waals surface area contributed by atoms with Crippen molar-refractivity contribution in [2.24, 2.45) is 0 Å². The van der Waals surface area contributed by atoms with Gasteiger partial charge in [0.25, 0.3) is 11.6 Å². The van der Waals surface area contributed by atoms with E-state index in [1.165, 1.54) is 39.6 Å². The Morgan fingerprint density at radius 3 is 2.35 bits per heavy atom. The molecule has 4 rings (SSSR count). The fourth-order valence-electron chi connectivity index (χ4n) is 4.16. The summed E-state index contributed by atoms with van der Waals surface area (Å²) >= 11 is 0. The first-order valence-electron chi connectivity index (χ1n) is 10.9. The predicted molar refractivity (Wildman–Crippen MR) is 125 cm³/mol. The van der Waals surface area contributed by atoms with Crippen molar-refractivity contribution in [1.82, 2.24) is 9.21 Å². The molecule has 0 N–H and O–H groups in total. The molecule has 2 aromatic rings. The lowest BCUT2D eigenvalue weighted by Crippen LogP contribution is -2.50. The molecule has 2 aromatic carbocycles. The first-order valence-corrected chi connectivity index (χ1v) is 12.3. The van der Waals surface area contributed by atoms with Crippen molar-refractivity contribution < 1.29 is 22.9 Å². The van der Waals surface area contributed by atoms with Crippen LogP contribution in [0, 0.1) is 10.1 Å². The molecule has 0 spiro atoms. The number of nitrogens with zero attached hydrogens (tertiary/aromatic N) is 4. The lowest BCUT2D eigenvalue weighted by Gasteiger charge is -2.33. The van der Waals surface area contributed by atoms with Gasteiger partial charge in [0.1, 0.15) is 0 Å². The van der Waals surface area contributed by atoms with Crippen LogP contribution in [0.2, 0.25) is 0 Å². The summed E-state index contributed by atoms with van der Waals surface area (Å²) in [5.41, 5.74) is 1.65. The van der Waals surface area contributed by atoms with Crippen LogP contribution in [0.15, 0.2) is 65.6 Å². The Bertz CT molecular complexity index is 1250. The third kappa shape index (κ3) is 4.85. The number of hydrogen-bond acceptors (Lipinski definition) is 6. The van der Waals surface area contributed by atoms with E-state index in [2.05, 4.69) is 0 Å². The molecule has 178 valence electrons. The zero-order valence-corrected chi connectivity index (χ0v) is 19.2. The Kier molecular flexibility index (Phi) is 6.75. The van der Waals surface area contributed by atoms with Gasteiger partial charge in [-0.25, -0.2) is 8.42 Å². The smallest absolute Gasteiger partial charge is 0.270 e. The van der Waals surface area contributed by atoms with Crippen molar-refractivity contribution in [3.63, 3.8) is 0 Å². The van der Waals surface area contributed by atoms with Gasteiger partial charge in [-0.1, -0.05) is 24.3 Å². The Hall–Kier alpha value is -3.57. The lowest BCUT2D eigenvalue weighted by atomic mass is 10.0. The molecule has 0 radical (unpaired) electrons. The van der Waals surface area contributed by atoms with Crippen LogP contribution in [0.4, 0.5) is 11.4 Å². The van der Waals surface area contributed by atoms with Gasteiger partial charge in [0.15, 0.2) is 0 Å². The molecular weight excluding hydrogens is 460 g/mol. The fourth-order valence-corrected chi connectivity index (χ4v) is 5.62. The molecule has 0 aliphatic carbocycles. The minimum Gasteiger partial charge on any atom is -0.337 e. The number of carbonyl (C=O) groups excluding carboxylic acids is 2. The first-order chi connectivity index (χ1) is 16.3. The molecule has 0 aromatic heterocycles. The van der Waals surface area contributed by atoms with Crippen LogP contribution in [0.1, 0.15) is 12.0 Å².